The molecule has 0 amide bonds. The number of rotatable bonds is 6. The van der Waals surface area contributed by atoms with Crippen molar-refractivity contribution in [1.29, 1.82) is 0 Å². The molecule has 0 spiro atoms. The number of anilines is 1. The van der Waals surface area contributed by atoms with E-state index in [1.807, 2.05) is 24.3 Å². The van der Waals surface area contributed by atoms with E-state index >= 15 is 0 Å². The quantitative estimate of drug-likeness (QED) is 0.617. The number of para-hydroxylation sites is 1. The summed E-state index contributed by atoms with van der Waals surface area (Å²) in [4.78, 5) is 4.40. The van der Waals surface area contributed by atoms with Crippen LogP contribution in [0.25, 0.3) is 0 Å². The Morgan fingerprint density at radius 1 is 1.35 bits per heavy atom. The Morgan fingerprint density at radius 2 is 2.10 bits per heavy atom. The van der Waals surface area contributed by atoms with E-state index in [4.69, 9.17) is 15.2 Å². The van der Waals surface area contributed by atoms with E-state index in [0.29, 0.717) is 19.1 Å². The number of guanidine groups is 1. The Balaban J connectivity index is 1.98. The molecule has 0 aliphatic heterocycles. The molecule has 110 valence electrons. The molecule has 1 aliphatic rings. The number of nitrogens with zero attached hydrogens (tertiary/aromatic N) is 1. The molecule has 1 fully saturated rings. The van der Waals surface area contributed by atoms with Gasteiger partial charge >= 0.3 is 0 Å². The van der Waals surface area contributed by atoms with Gasteiger partial charge in [-0.05, 0) is 25.3 Å². The molecule has 1 aromatic rings. The Hall–Kier alpha value is -1.59. The zero-order valence-corrected chi connectivity index (χ0v) is 12.2. The first-order valence-corrected chi connectivity index (χ1v) is 6.88. The summed E-state index contributed by atoms with van der Waals surface area (Å²) in [6.45, 7) is 1.15. The zero-order chi connectivity index (χ0) is 14.4. The van der Waals surface area contributed by atoms with Crippen molar-refractivity contribution in [3.05, 3.63) is 29.8 Å². The third kappa shape index (κ3) is 3.49. The number of aliphatic imine (C=N–C) groups is 1. The Morgan fingerprint density at radius 3 is 2.70 bits per heavy atom. The van der Waals surface area contributed by atoms with Crippen molar-refractivity contribution in [1.82, 2.24) is 0 Å². The van der Waals surface area contributed by atoms with E-state index in [-0.39, 0.29) is 5.60 Å². The van der Waals surface area contributed by atoms with E-state index in [2.05, 4.69) is 10.3 Å². The monoisotopic (exact) mass is 277 g/mol. The van der Waals surface area contributed by atoms with Crippen LogP contribution < -0.4 is 11.1 Å². The number of nitrogens with one attached hydrogen (secondary N) is 1. The zero-order valence-electron chi connectivity index (χ0n) is 12.2. The van der Waals surface area contributed by atoms with Crippen LogP contribution in [0.2, 0.25) is 0 Å². The smallest absolute Gasteiger partial charge is 0.193 e. The lowest BCUT2D eigenvalue weighted by Crippen LogP contribution is -2.43. The molecule has 0 radical (unpaired) electrons. The van der Waals surface area contributed by atoms with Gasteiger partial charge in [-0.1, -0.05) is 18.2 Å². The molecule has 0 unspecified atom stereocenters. The van der Waals surface area contributed by atoms with E-state index < -0.39 is 0 Å². The second-order valence-corrected chi connectivity index (χ2v) is 5.16. The summed E-state index contributed by atoms with van der Waals surface area (Å²) in [6, 6.07) is 7.90. The summed E-state index contributed by atoms with van der Waals surface area (Å²) < 4.78 is 10.7. The normalized spacial score (nSPS) is 17.6. The van der Waals surface area contributed by atoms with Gasteiger partial charge in [-0.25, -0.2) is 0 Å². The van der Waals surface area contributed by atoms with Crippen LogP contribution in [-0.4, -0.2) is 32.3 Å². The van der Waals surface area contributed by atoms with Crippen LogP contribution in [0.1, 0.15) is 24.8 Å². The van der Waals surface area contributed by atoms with E-state index in [1.165, 1.54) is 6.42 Å². The first kappa shape index (κ1) is 14.8. The number of nitrogens with two attached hydrogens (primary N) is 1. The second kappa shape index (κ2) is 6.72. The van der Waals surface area contributed by atoms with Crippen molar-refractivity contribution >= 4 is 11.6 Å². The third-order valence-corrected chi connectivity index (χ3v) is 3.82. The van der Waals surface area contributed by atoms with Gasteiger partial charge in [0.1, 0.15) is 0 Å². The minimum atomic E-state index is -0.0989. The molecule has 0 atom stereocenters. The van der Waals surface area contributed by atoms with Gasteiger partial charge in [0.2, 0.25) is 0 Å². The third-order valence-electron chi connectivity index (χ3n) is 3.82. The fraction of sp³-hybridized carbons (Fsp3) is 0.533. The lowest BCUT2D eigenvalue weighted by atomic mass is 9.80. The van der Waals surface area contributed by atoms with Gasteiger partial charge in [-0.3, -0.25) is 4.99 Å². The average Bonchev–Trinajstić information content (AvgIpc) is 2.41. The Kier molecular flexibility index (Phi) is 4.98. The predicted molar refractivity (Wildman–Crippen MR) is 80.9 cm³/mol. The average molecular weight is 277 g/mol. The van der Waals surface area contributed by atoms with E-state index in [9.17, 15) is 0 Å². The van der Waals surface area contributed by atoms with Gasteiger partial charge in [-0.2, -0.15) is 0 Å². The van der Waals surface area contributed by atoms with Crippen molar-refractivity contribution in [2.75, 3.05) is 26.1 Å². The highest BCUT2D eigenvalue weighted by Crippen LogP contribution is 2.35. The van der Waals surface area contributed by atoms with Crippen LogP contribution in [0.15, 0.2) is 29.3 Å². The summed E-state index contributed by atoms with van der Waals surface area (Å²) in [5.74, 6) is 0.414. The molecule has 0 saturated heterocycles. The fourth-order valence-electron chi connectivity index (χ4n) is 2.33. The van der Waals surface area contributed by atoms with E-state index in [1.54, 1.807) is 14.2 Å². The lowest BCUT2D eigenvalue weighted by molar-refractivity contribution is -0.0629. The number of hydrogen-bond donors (Lipinski definition) is 2. The highest BCUT2D eigenvalue weighted by molar-refractivity contribution is 5.93. The van der Waals surface area contributed by atoms with Gasteiger partial charge in [0.05, 0.1) is 18.8 Å². The maximum atomic E-state index is 5.95. The number of benzene rings is 1. The number of hydrogen-bond acceptors (Lipinski definition) is 3. The van der Waals surface area contributed by atoms with Gasteiger partial charge in [-0.15, -0.1) is 0 Å². The lowest BCUT2D eigenvalue weighted by Gasteiger charge is -2.39. The maximum absolute atomic E-state index is 5.95. The molecular weight excluding hydrogens is 254 g/mol. The molecule has 1 aliphatic carbocycles. The molecule has 3 N–H and O–H groups in total. The van der Waals surface area contributed by atoms with Crippen molar-refractivity contribution in [3.63, 3.8) is 0 Å². The molecule has 5 heteroatoms. The van der Waals surface area contributed by atoms with Crippen molar-refractivity contribution < 1.29 is 9.47 Å². The molecule has 0 bridgehead atoms. The number of methoxy groups -OCH3 is 2. The SMILES string of the molecule is COCc1ccccc1NC(N)=NCC1(OC)CCC1. The summed E-state index contributed by atoms with van der Waals surface area (Å²) in [5, 5.41) is 3.13. The largest absolute Gasteiger partial charge is 0.380 e. The molecule has 2 rings (SSSR count). The standard InChI is InChI=1S/C15H23N3O2/c1-19-10-12-6-3-4-7-13(12)18-14(16)17-11-15(20-2)8-5-9-15/h3-4,6-7H,5,8-11H2,1-2H3,(H3,16,17,18). The molecule has 0 aromatic heterocycles. The highest BCUT2D eigenvalue weighted by atomic mass is 16.5. The molecule has 1 aromatic carbocycles. The van der Waals surface area contributed by atoms with Crippen molar-refractivity contribution in [2.45, 2.75) is 31.5 Å². The first-order chi connectivity index (χ1) is 9.69. The van der Waals surface area contributed by atoms with Crippen LogP contribution in [0.5, 0.6) is 0 Å². The highest BCUT2D eigenvalue weighted by Gasteiger charge is 2.36. The molecule has 0 heterocycles. The summed E-state index contributed by atoms with van der Waals surface area (Å²) in [7, 11) is 3.42. The van der Waals surface area contributed by atoms with Gasteiger partial charge in [0.15, 0.2) is 5.96 Å². The van der Waals surface area contributed by atoms with Crippen molar-refractivity contribution in [2.24, 2.45) is 10.7 Å². The number of ether oxygens (including phenoxy) is 2. The topological polar surface area (TPSA) is 68.9 Å². The van der Waals surface area contributed by atoms with Crippen LogP contribution in [0.4, 0.5) is 5.69 Å². The van der Waals surface area contributed by atoms with E-state index in [0.717, 1.165) is 24.1 Å². The first-order valence-electron chi connectivity index (χ1n) is 6.88. The summed E-state index contributed by atoms with van der Waals surface area (Å²) in [6.07, 6.45) is 3.31. The molecule has 20 heavy (non-hydrogen) atoms. The Labute approximate surface area is 120 Å². The van der Waals surface area contributed by atoms with Crippen LogP contribution in [0, 0.1) is 0 Å². The second-order valence-electron chi connectivity index (χ2n) is 5.16. The van der Waals surface area contributed by atoms with Gasteiger partial charge in [0.25, 0.3) is 0 Å². The molecular formula is C15H23N3O2. The van der Waals surface area contributed by atoms with Gasteiger partial charge in [0, 0.05) is 25.5 Å². The van der Waals surface area contributed by atoms with Crippen LogP contribution in [0.3, 0.4) is 0 Å². The Bertz CT molecular complexity index is 464. The molecule has 5 nitrogen and oxygen atoms in total. The van der Waals surface area contributed by atoms with Crippen LogP contribution in [-0.2, 0) is 16.1 Å². The summed E-state index contributed by atoms with van der Waals surface area (Å²) in [5.41, 5.74) is 7.84. The maximum Gasteiger partial charge on any atom is 0.193 e. The van der Waals surface area contributed by atoms with Crippen LogP contribution >= 0.6 is 0 Å². The minimum Gasteiger partial charge on any atom is -0.380 e. The predicted octanol–water partition coefficient (Wildman–Crippen LogP) is 2.13. The fourth-order valence-corrected chi connectivity index (χ4v) is 2.33. The summed E-state index contributed by atoms with van der Waals surface area (Å²) >= 11 is 0. The molecule has 1 saturated carbocycles. The van der Waals surface area contributed by atoms with Gasteiger partial charge < -0.3 is 20.5 Å². The minimum absolute atomic E-state index is 0.0989. The van der Waals surface area contributed by atoms with Crippen molar-refractivity contribution in [3.8, 4) is 0 Å².